The van der Waals surface area contributed by atoms with Crippen molar-refractivity contribution in [1.82, 2.24) is 9.97 Å². The highest BCUT2D eigenvalue weighted by atomic mass is 79.9. The fourth-order valence-corrected chi connectivity index (χ4v) is 2.81. The maximum absolute atomic E-state index is 12.2. The van der Waals surface area contributed by atoms with Crippen LogP contribution in [0.4, 0.5) is 5.95 Å². The van der Waals surface area contributed by atoms with Crippen LogP contribution in [0.25, 0.3) is 0 Å². The van der Waals surface area contributed by atoms with Crippen LogP contribution in [-0.2, 0) is 4.79 Å². The number of imidazole rings is 1. The first-order valence-corrected chi connectivity index (χ1v) is 7.38. The second kappa shape index (κ2) is 5.63. The number of nitriles is 2. The lowest BCUT2D eigenvalue weighted by Crippen LogP contribution is -2.15. The Kier molecular flexibility index (Phi) is 3.66. The number of hydrogen-bond acceptors (Lipinski definition) is 4. The average molecular weight is 356 g/mol. The third kappa shape index (κ3) is 2.72. The van der Waals surface area contributed by atoms with Gasteiger partial charge < -0.3 is 4.98 Å². The molecule has 1 saturated carbocycles. The Morgan fingerprint density at radius 3 is 2.86 bits per heavy atom. The van der Waals surface area contributed by atoms with Crippen molar-refractivity contribution in [3.63, 3.8) is 0 Å². The van der Waals surface area contributed by atoms with Gasteiger partial charge in [-0.05, 0) is 30.0 Å². The van der Waals surface area contributed by atoms with Gasteiger partial charge in [0.1, 0.15) is 12.1 Å². The largest absolute Gasteiger partial charge is 0.314 e. The van der Waals surface area contributed by atoms with Crippen LogP contribution in [0, 0.1) is 28.6 Å². The first-order chi connectivity index (χ1) is 10.6. The Morgan fingerprint density at radius 2 is 2.23 bits per heavy atom. The summed E-state index contributed by atoms with van der Waals surface area (Å²) in [6.07, 6.45) is 0.777. The first-order valence-electron chi connectivity index (χ1n) is 6.59. The minimum atomic E-state index is -0.160. The van der Waals surface area contributed by atoms with Gasteiger partial charge in [-0.15, -0.1) is 0 Å². The maximum Gasteiger partial charge on any atom is 0.230 e. The third-order valence-electron chi connectivity index (χ3n) is 3.57. The lowest BCUT2D eigenvalue weighted by atomic mass is 10.1. The second-order valence-corrected chi connectivity index (χ2v) is 5.94. The van der Waals surface area contributed by atoms with Crippen LogP contribution < -0.4 is 5.32 Å². The zero-order chi connectivity index (χ0) is 15.7. The van der Waals surface area contributed by atoms with Gasteiger partial charge in [0, 0.05) is 10.4 Å². The number of aromatic nitrogens is 2. The number of benzene rings is 1. The van der Waals surface area contributed by atoms with Gasteiger partial charge in [-0.3, -0.25) is 10.1 Å². The monoisotopic (exact) mass is 355 g/mol. The van der Waals surface area contributed by atoms with E-state index in [0.29, 0.717) is 0 Å². The molecule has 1 aromatic heterocycles. The van der Waals surface area contributed by atoms with Crippen LogP contribution in [0.15, 0.2) is 28.7 Å². The van der Waals surface area contributed by atoms with Gasteiger partial charge in [-0.2, -0.15) is 10.5 Å². The van der Waals surface area contributed by atoms with Crippen LogP contribution in [0.1, 0.15) is 29.3 Å². The van der Waals surface area contributed by atoms with Crippen molar-refractivity contribution in [3.05, 3.63) is 45.7 Å². The molecule has 0 spiro atoms. The van der Waals surface area contributed by atoms with E-state index >= 15 is 0 Å². The molecule has 22 heavy (non-hydrogen) atoms. The Balaban J connectivity index is 1.68. The average Bonchev–Trinajstić information content (AvgIpc) is 3.22. The minimum absolute atomic E-state index is 0.0165. The van der Waals surface area contributed by atoms with Crippen LogP contribution in [-0.4, -0.2) is 15.9 Å². The van der Waals surface area contributed by atoms with Gasteiger partial charge in [0.2, 0.25) is 11.9 Å². The number of anilines is 1. The molecule has 0 bridgehead atoms. The minimum Gasteiger partial charge on any atom is -0.314 e. The Hall–Kier alpha value is -2.64. The van der Waals surface area contributed by atoms with E-state index in [1.807, 2.05) is 30.3 Å². The van der Waals surface area contributed by atoms with Crippen LogP contribution in [0.5, 0.6) is 0 Å². The zero-order valence-corrected chi connectivity index (χ0v) is 12.9. The van der Waals surface area contributed by atoms with E-state index < -0.39 is 0 Å². The van der Waals surface area contributed by atoms with Crippen LogP contribution in [0.3, 0.4) is 0 Å². The van der Waals surface area contributed by atoms with E-state index in [-0.39, 0.29) is 35.1 Å². The molecule has 1 amide bonds. The summed E-state index contributed by atoms with van der Waals surface area (Å²) in [5.74, 6) is 0.0551. The van der Waals surface area contributed by atoms with Gasteiger partial charge in [0.15, 0.2) is 11.4 Å². The number of nitrogens with zero attached hydrogens (tertiary/aromatic N) is 3. The fourth-order valence-electron chi connectivity index (χ4n) is 2.39. The van der Waals surface area contributed by atoms with E-state index in [1.165, 1.54) is 0 Å². The maximum atomic E-state index is 12.2. The molecule has 2 atom stereocenters. The summed E-state index contributed by atoms with van der Waals surface area (Å²) in [5, 5.41) is 20.3. The summed E-state index contributed by atoms with van der Waals surface area (Å²) in [7, 11) is 0. The highest BCUT2D eigenvalue weighted by Crippen LogP contribution is 2.48. The predicted molar refractivity (Wildman–Crippen MR) is 81.6 cm³/mol. The standard InChI is InChI=1S/C15H10BrN5O/c16-9-3-1-2-8(4-9)10-5-11(10)14(22)21-15-19-12(6-17)13(7-18)20-15/h1-4,10-11H,5H2,(H2,19,20,21,22)/t10-,11+/m1/s1. The highest BCUT2D eigenvalue weighted by Gasteiger charge is 2.44. The normalized spacial score (nSPS) is 19.0. The van der Waals surface area contributed by atoms with E-state index in [0.717, 1.165) is 16.5 Å². The van der Waals surface area contributed by atoms with Crippen molar-refractivity contribution >= 4 is 27.8 Å². The quantitative estimate of drug-likeness (QED) is 0.882. The van der Waals surface area contributed by atoms with Crippen molar-refractivity contribution in [2.45, 2.75) is 12.3 Å². The number of aromatic amines is 1. The smallest absolute Gasteiger partial charge is 0.230 e. The number of amides is 1. The second-order valence-electron chi connectivity index (χ2n) is 5.03. The molecular formula is C15H10BrN5O. The van der Waals surface area contributed by atoms with E-state index in [2.05, 4.69) is 31.2 Å². The topological polar surface area (TPSA) is 105 Å². The molecule has 1 heterocycles. The molecule has 6 nitrogen and oxygen atoms in total. The van der Waals surface area contributed by atoms with E-state index in [4.69, 9.17) is 10.5 Å². The number of hydrogen-bond donors (Lipinski definition) is 2. The third-order valence-corrected chi connectivity index (χ3v) is 4.06. The van der Waals surface area contributed by atoms with Crippen molar-refractivity contribution in [3.8, 4) is 12.1 Å². The molecule has 2 aromatic rings. The molecule has 0 unspecified atom stereocenters. The molecular weight excluding hydrogens is 346 g/mol. The lowest BCUT2D eigenvalue weighted by molar-refractivity contribution is -0.117. The van der Waals surface area contributed by atoms with Gasteiger partial charge in [-0.25, -0.2) is 4.98 Å². The number of H-pyrrole nitrogens is 1. The van der Waals surface area contributed by atoms with Gasteiger partial charge in [0.05, 0.1) is 0 Å². The number of nitrogens with one attached hydrogen (secondary N) is 2. The zero-order valence-electron chi connectivity index (χ0n) is 11.3. The Labute approximate surface area is 134 Å². The molecule has 1 fully saturated rings. The molecule has 0 saturated heterocycles. The van der Waals surface area contributed by atoms with Crippen molar-refractivity contribution in [1.29, 1.82) is 10.5 Å². The summed E-state index contributed by atoms with van der Waals surface area (Å²) in [6, 6.07) is 11.5. The van der Waals surface area contributed by atoms with Gasteiger partial charge >= 0.3 is 0 Å². The highest BCUT2D eigenvalue weighted by molar-refractivity contribution is 9.10. The summed E-state index contributed by atoms with van der Waals surface area (Å²) >= 11 is 3.42. The van der Waals surface area contributed by atoms with Crippen molar-refractivity contribution in [2.24, 2.45) is 5.92 Å². The van der Waals surface area contributed by atoms with Crippen LogP contribution >= 0.6 is 15.9 Å². The number of rotatable bonds is 3. The molecule has 108 valence electrons. The van der Waals surface area contributed by atoms with Crippen molar-refractivity contribution < 1.29 is 4.79 Å². The lowest BCUT2D eigenvalue weighted by Gasteiger charge is -2.02. The number of carbonyl (C=O) groups excluding carboxylic acids is 1. The number of carbonyl (C=O) groups is 1. The SMILES string of the molecule is N#Cc1nc(NC(=O)[C@H]2C[C@@H]2c2cccc(Br)c2)[nH]c1C#N. The molecule has 3 rings (SSSR count). The molecule has 2 N–H and O–H groups in total. The molecule has 0 radical (unpaired) electrons. The summed E-state index contributed by atoms with van der Waals surface area (Å²) in [4.78, 5) is 18.7. The summed E-state index contributed by atoms with van der Waals surface area (Å²) in [6.45, 7) is 0. The molecule has 1 aliphatic rings. The first kappa shape index (κ1) is 14.3. The summed E-state index contributed by atoms with van der Waals surface area (Å²) < 4.78 is 0.986. The van der Waals surface area contributed by atoms with Gasteiger partial charge in [0.25, 0.3) is 0 Å². The van der Waals surface area contributed by atoms with Crippen LogP contribution in [0.2, 0.25) is 0 Å². The Morgan fingerprint density at radius 1 is 1.41 bits per heavy atom. The Bertz CT molecular complexity index is 798. The fraction of sp³-hybridized carbons (Fsp3) is 0.200. The van der Waals surface area contributed by atoms with Gasteiger partial charge in [-0.1, -0.05) is 28.1 Å². The molecule has 0 aliphatic heterocycles. The van der Waals surface area contributed by atoms with E-state index in [9.17, 15) is 4.79 Å². The van der Waals surface area contributed by atoms with Crippen molar-refractivity contribution in [2.75, 3.05) is 5.32 Å². The molecule has 7 heteroatoms. The number of halogens is 1. The summed E-state index contributed by atoms with van der Waals surface area (Å²) in [5.41, 5.74) is 1.15. The molecule has 1 aliphatic carbocycles. The molecule has 1 aromatic carbocycles. The predicted octanol–water partition coefficient (Wildman–Crippen LogP) is 2.66. The van der Waals surface area contributed by atoms with E-state index in [1.54, 1.807) is 6.07 Å².